The van der Waals surface area contributed by atoms with E-state index in [1.807, 2.05) is 11.6 Å². The molecule has 4 nitrogen and oxygen atoms in total. The Labute approximate surface area is 119 Å². The van der Waals surface area contributed by atoms with Crippen LogP contribution >= 0.6 is 11.3 Å². The average molecular weight is 283 g/mol. The number of thiazole rings is 1. The van der Waals surface area contributed by atoms with Gasteiger partial charge in [0.1, 0.15) is 0 Å². The van der Waals surface area contributed by atoms with Crippen molar-refractivity contribution in [1.29, 1.82) is 0 Å². The van der Waals surface area contributed by atoms with E-state index >= 15 is 0 Å². The third-order valence-electron chi connectivity index (χ3n) is 3.83. The topological polar surface area (TPSA) is 48.4 Å². The lowest BCUT2D eigenvalue weighted by Crippen LogP contribution is -2.43. The van der Waals surface area contributed by atoms with Crippen molar-refractivity contribution in [3.63, 3.8) is 0 Å². The number of aromatic nitrogens is 1. The molecule has 19 heavy (non-hydrogen) atoms. The fraction of sp³-hybridized carbons (Fsp3) is 0.786. The molecule has 0 saturated carbocycles. The van der Waals surface area contributed by atoms with Gasteiger partial charge >= 0.3 is 0 Å². The van der Waals surface area contributed by atoms with E-state index in [1.165, 1.54) is 0 Å². The third kappa shape index (κ3) is 4.44. The molecule has 1 aliphatic heterocycles. The highest BCUT2D eigenvalue weighted by Crippen LogP contribution is 2.21. The minimum atomic E-state index is -0.178. The summed E-state index contributed by atoms with van der Waals surface area (Å²) in [5.74, 6) is 0.355. The Balaban J connectivity index is 1.64. The summed E-state index contributed by atoms with van der Waals surface area (Å²) >= 11 is 1.72. The molecular formula is C14H25N3OS. The number of nitrogens with one attached hydrogen (secondary N) is 1. The van der Waals surface area contributed by atoms with Crippen molar-refractivity contribution in [1.82, 2.24) is 10.3 Å². The average Bonchev–Trinajstić information content (AvgIpc) is 2.93. The van der Waals surface area contributed by atoms with Crippen molar-refractivity contribution in [3.05, 3.63) is 11.6 Å². The first-order valence-electron chi connectivity index (χ1n) is 7.22. The van der Waals surface area contributed by atoms with Gasteiger partial charge in [0.2, 0.25) is 0 Å². The first-order valence-corrected chi connectivity index (χ1v) is 8.10. The number of piperidine rings is 1. The van der Waals surface area contributed by atoms with E-state index in [0.717, 1.165) is 44.0 Å². The zero-order valence-corrected chi connectivity index (χ0v) is 12.7. The Morgan fingerprint density at radius 2 is 2.21 bits per heavy atom. The van der Waals surface area contributed by atoms with Gasteiger partial charge in [-0.1, -0.05) is 13.8 Å². The summed E-state index contributed by atoms with van der Waals surface area (Å²) in [5, 5.41) is 16.5. The molecule has 1 aliphatic rings. The normalized spacial score (nSPS) is 19.1. The van der Waals surface area contributed by atoms with E-state index in [-0.39, 0.29) is 6.10 Å². The lowest BCUT2D eigenvalue weighted by Gasteiger charge is -2.32. The van der Waals surface area contributed by atoms with Gasteiger partial charge in [-0.3, -0.25) is 0 Å². The van der Waals surface area contributed by atoms with Gasteiger partial charge in [-0.05, 0) is 31.7 Å². The number of hydrogen-bond acceptors (Lipinski definition) is 5. The highest BCUT2D eigenvalue weighted by molar-refractivity contribution is 7.13. The molecule has 0 amide bonds. The van der Waals surface area contributed by atoms with E-state index in [0.29, 0.717) is 12.0 Å². The van der Waals surface area contributed by atoms with Crippen LogP contribution in [0.4, 0.5) is 5.13 Å². The molecule has 5 heteroatoms. The molecule has 0 spiro atoms. The number of nitrogens with zero attached hydrogens (tertiary/aromatic N) is 2. The number of anilines is 1. The molecule has 108 valence electrons. The molecule has 1 fully saturated rings. The smallest absolute Gasteiger partial charge is 0.185 e. The van der Waals surface area contributed by atoms with E-state index in [1.54, 1.807) is 11.3 Å². The molecule has 0 aliphatic carbocycles. The van der Waals surface area contributed by atoms with E-state index < -0.39 is 0 Å². The first-order chi connectivity index (χ1) is 9.16. The predicted molar refractivity (Wildman–Crippen MR) is 80.8 cm³/mol. The summed E-state index contributed by atoms with van der Waals surface area (Å²) in [7, 11) is 0. The molecule has 0 aromatic carbocycles. The fourth-order valence-electron chi connectivity index (χ4n) is 2.42. The zero-order chi connectivity index (χ0) is 13.7. The van der Waals surface area contributed by atoms with Crippen molar-refractivity contribution in [2.24, 2.45) is 5.92 Å². The summed E-state index contributed by atoms with van der Waals surface area (Å²) < 4.78 is 0. The van der Waals surface area contributed by atoms with Gasteiger partial charge in [-0.15, -0.1) is 11.3 Å². The summed E-state index contributed by atoms with van der Waals surface area (Å²) in [4.78, 5) is 6.73. The Morgan fingerprint density at radius 1 is 1.47 bits per heavy atom. The zero-order valence-electron chi connectivity index (χ0n) is 11.9. The van der Waals surface area contributed by atoms with E-state index in [9.17, 15) is 5.11 Å². The van der Waals surface area contributed by atoms with Crippen LogP contribution in [0.3, 0.4) is 0 Å². The van der Waals surface area contributed by atoms with Crippen LogP contribution in [0.1, 0.15) is 33.1 Å². The third-order valence-corrected chi connectivity index (χ3v) is 4.66. The van der Waals surface area contributed by atoms with Gasteiger partial charge < -0.3 is 15.3 Å². The predicted octanol–water partition coefficient (Wildman–Crippen LogP) is 2.11. The molecule has 0 radical (unpaired) electrons. The van der Waals surface area contributed by atoms with Crippen LogP contribution in [0.2, 0.25) is 0 Å². The molecule has 1 atom stereocenters. The largest absolute Gasteiger partial charge is 0.393 e. The van der Waals surface area contributed by atoms with E-state index in [4.69, 9.17) is 0 Å². The van der Waals surface area contributed by atoms with Gasteiger partial charge in [-0.25, -0.2) is 4.98 Å². The molecule has 0 bridgehead atoms. The van der Waals surface area contributed by atoms with Crippen molar-refractivity contribution in [2.45, 2.75) is 45.3 Å². The Hall–Kier alpha value is -0.650. The van der Waals surface area contributed by atoms with Gasteiger partial charge in [0.25, 0.3) is 0 Å². The maximum Gasteiger partial charge on any atom is 0.185 e. The van der Waals surface area contributed by atoms with Crippen LogP contribution in [-0.2, 0) is 0 Å². The van der Waals surface area contributed by atoms with Crippen molar-refractivity contribution in [2.75, 3.05) is 24.5 Å². The van der Waals surface area contributed by atoms with Crippen LogP contribution in [0, 0.1) is 5.92 Å². The van der Waals surface area contributed by atoms with Crippen LogP contribution in [0.25, 0.3) is 0 Å². The number of hydrogen-bond donors (Lipinski definition) is 2. The first kappa shape index (κ1) is 14.8. The molecule has 0 unspecified atom stereocenters. The minimum Gasteiger partial charge on any atom is -0.393 e. The van der Waals surface area contributed by atoms with E-state index in [2.05, 4.69) is 29.0 Å². The van der Waals surface area contributed by atoms with Crippen molar-refractivity contribution >= 4 is 16.5 Å². The lowest BCUT2D eigenvalue weighted by atomic mass is 10.0. The lowest BCUT2D eigenvalue weighted by molar-refractivity contribution is 0.114. The number of aliphatic hydroxyl groups excluding tert-OH is 1. The van der Waals surface area contributed by atoms with Gasteiger partial charge in [0.15, 0.2) is 5.13 Å². The summed E-state index contributed by atoms with van der Waals surface area (Å²) in [6, 6.07) is 0.593. The Morgan fingerprint density at radius 3 is 2.79 bits per heavy atom. The second-order valence-corrected chi connectivity index (χ2v) is 6.50. The van der Waals surface area contributed by atoms with Gasteiger partial charge in [-0.2, -0.15) is 0 Å². The molecule has 2 N–H and O–H groups in total. The molecule has 1 aromatic heterocycles. The Kier molecular flexibility index (Phi) is 5.60. The second kappa shape index (κ2) is 7.22. The monoisotopic (exact) mass is 283 g/mol. The van der Waals surface area contributed by atoms with Crippen molar-refractivity contribution < 1.29 is 5.11 Å². The fourth-order valence-corrected chi connectivity index (χ4v) is 3.11. The SMILES string of the molecule is CC(C)[C@@H](O)CCNC1CCN(c2nccs2)CC1. The number of aliphatic hydroxyl groups is 1. The summed E-state index contributed by atoms with van der Waals surface area (Å²) in [6.45, 7) is 7.21. The molecule has 1 aromatic rings. The van der Waals surface area contributed by atoms with Crippen LogP contribution in [0.5, 0.6) is 0 Å². The maximum atomic E-state index is 9.77. The quantitative estimate of drug-likeness (QED) is 0.839. The van der Waals surface area contributed by atoms with Crippen molar-refractivity contribution in [3.8, 4) is 0 Å². The highest BCUT2D eigenvalue weighted by Gasteiger charge is 2.20. The van der Waals surface area contributed by atoms with Crippen LogP contribution in [-0.4, -0.2) is 41.9 Å². The second-order valence-electron chi connectivity index (χ2n) is 5.63. The molecule has 2 heterocycles. The number of rotatable bonds is 6. The maximum absolute atomic E-state index is 9.77. The molecule has 1 saturated heterocycles. The summed E-state index contributed by atoms with van der Waals surface area (Å²) in [6.07, 6.45) is 4.87. The van der Waals surface area contributed by atoms with Gasteiger partial charge in [0, 0.05) is 30.7 Å². The Bertz CT molecular complexity index is 348. The summed E-state index contributed by atoms with van der Waals surface area (Å²) in [5.41, 5.74) is 0. The van der Waals surface area contributed by atoms with Crippen LogP contribution < -0.4 is 10.2 Å². The van der Waals surface area contributed by atoms with Crippen LogP contribution in [0.15, 0.2) is 11.6 Å². The highest BCUT2D eigenvalue weighted by atomic mass is 32.1. The van der Waals surface area contributed by atoms with Gasteiger partial charge in [0.05, 0.1) is 6.10 Å². The minimum absolute atomic E-state index is 0.178. The standard InChI is InChI=1S/C14H25N3OS/c1-11(2)13(18)3-6-15-12-4-8-17(9-5-12)14-16-7-10-19-14/h7,10-13,15,18H,3-6,8-9H2,1-2H3/t13-/m0/s1. The molecule has 2 rings (SSSR count). The molecular weight excluding hydrogens is 258 g/mol.